The SMILES string of the molecule is COc1ccccc1N1CCN(C(=O)NCCN(C)C)CC1. The quantitative estimate of drug-likeness (QED) is 0.885. The van der Waals surface area contributed by atoms with Crippen LogP contribution in [0.5, 0.6) is 5.75 Å². The molecule has 122 valence electrons. The van der Waals surface area contributed by atoms with E-state index in [0.717, 1.165) is 44.2 Å². The number of nitrogens with one attached hydrogen (secondary N) is 1. The van der Waals surface area contributed by atoms with E-state index in [9.17, 15) is 4.79 Å². The number of nitrogens with zero attached hydrogens (tertiary/aromatic N) is 3. The van der Waals surface area contributed by atoms with Gasteiger partial charge in [-0.05, 0) is 26.2 Å². The number of likely N-dealkylation sites (N-methyl/N-ethyl adjacent to an activating group) is 1. The van der Waals surface area contributed by atoms with Crippen LogP contribution < -0.4 is 15.0 Å². The summed E-state index contributed by atoms with van der Waals surface area (Å²) in [5, 5.41) is 2.96. The van der Waals surface area contributed by atoms with Crippen LogP contribution in [-0.2, 0) is 0 Å². The predicted molar refractivity (Wildman–Crippen MR) is 88.7 cm³/mol. The number of urea groups is 1. The predicted octanol–water partition coefficient (Wildman–Crippen LogP) is 1.09. The zero-order chi connectivity index (χ0) is 15.9. The zero-order valence-corrected chi connectivity index (χ0v) is 13.7. The van der Waals surface area contributed by atoms with Crippen molar-refractivity contribution in [1.29, 1.82) is 0 Å². The van der Waals surface area contributed by atoms with Gasteiger partial charge in [0.15, 0.2) is 0 Å². The molecule has 1 aliphatic rings. The van der Waals surface area contributed by atoms with Crippen molar-refractivity contribution in [1.82, 2.24) is 15.1 Å². The van der Waals surface area contributed by atoms with Gasteiger partial charge in [0.2, 0.25) is 0 Å². The number of carbonyl (C=O) groups is 1. The Hall–Kier alpha value is -1.95. The number of piperazine rings is 1. The highest BCUT2D eigenvalue weighted by Crippen LogP contribution is 2.28. The van der Waals surface area contributed by atoms with E-state index in [4.69, 9.17) is 4.74 Å². The van der Waals surface area contributed by atoms with Gasteiger partial charge in [0.25, 0.3) is 0 Å². The van der Waals surface area contributed by atoms with Crippen molar-refractivity contribution in [3.05, 3.63) is 24.3 Å². The van der Waals surface area contributed by atoms with Crippen LogP contribution in [0.2, 0.25) is 0 Å². The number of hydrogen-bond acceptors (Lipinski definition) is 4. The zero-order valence-electron chi connectivity index (χ0n) is 13.7. The van der Waals surface area contributed by atoms with Crippen LogP contribution >= 0.6 is 0 Å². The van der Waals surface area contributed by atoms with Crippen molar-refractivity contribution in [3.63, 3.8) is 0 Å². The maximum Gasteiger partial charge on any atom is 0.317 e. The molecule has 0 aliphatic carbocycles. The highest BCUT2D eigenvalue weighted by atomic mass is 16.5. The Labute approximate surface area is 132 Å². The Bertz CT molecular complexity index is 485. The van der Waals surface area contributed by atoms with Gasteiger partial charge in [0, 0.05) is 39.3 Å². The van der Waals surface area contributed by atoms with Gasteiger partial charge in [-0.25, -0.2) is 4.79 Å². The summed E-state index contributed by atoms with van der Waals surface area (Å²) in [6.07, 6.45) is 0. The Morgan fingerprint density at radius 1 is 1.23 bits per heavy atom. The molecule has 0 radical (unpaired) electrons. The third-order valence-electron chi connectivity index (χ3n) is 3.83. The average molecular weight is 306 g/mol. The Morgan fingerprint density at radius 2 is 1.91 bits per heavy atom. The van der Waals surface area contributed by atoms with Crippen LogP contribution in [0.4, 0.5) is 10.5 Å². The minimum Gasteiger partial charge on any atom is -0.495 e. The van der Waals surface area contributed by atoms with Gasteiger partial charge in [0.05, 0.1) is 12.8 Å². The first-order chi connectivity index (χ1) is 10.6. The van der Waals surface area contributed by atoms with Gasteiger partial charge >= 0.3 is 6.03 Å². The van der Waals surface area contributed by atoms with Gasteiger partial charge in [0.1, 0.15) is 5.75 Å². The van der Waals surface area contributed by atoms with Crippen molar-refractivity contribution in [2.75, 3.05) is 65.4 Å². The van der Waals surface area contributed by atoms with Gasteiger partial charge in [-0.15, -0.1) is 0 Å². The van der Waals surface area contributed by atoms with Crippen LogP contribution in [0.3, 0.4) is 0 Å². The number of rotatable bonds is 5. The van der Waals surface area contributed by atoms with Crippen molar-refractivity contribution in [2.45, 2.75) is 0 Å². The lowest BCUT2D eigenvalue weighted by Gasteiger charge is -2.36. The molecule has 1 aromatic carbocycles. The molecule has 0 saturated carbocycles. The standard InChI is InChI=1S/C16H26N4O2/c1-18(2)9-8-17-16(21)20-12-10-19(11-13-20)14-6-4-5-7-15(14)22-3/h4-7H,8-13H2,1-3H3,(H,17,21). The van der Waals surface area contributed by atoms with Crippen LogP contribution in [0, 0.1) is 0 Å². The number of ether oxygens (including phenoxy) is 1. The lowest BCUT2D eigenvalue weighted by molar-refractivity contribution is 0.193. The summed E-state index contributed by atoms with van der Waals surface area (Å²) in [5.41, 5.74) is 1.10. The fraction of sp³-hybridized carbons (Fsp3) is 0.562. The normalized spacial score (nSPS) is 15.1. The molecule has 6 heteroatoms. The maximum atomic E-state index is 12.1. The van der Waals surface area contributed by atoms with Crippen LogP contribution in [0.15, 0.2) is 24.3 Å². The van der Waals surface area contributed by atoms with Crippen LogP contribution in [0.25, 0.3) is 0 Å². The molecule has 0 atom stereocenters. The molecule has 22 heavy (non-hydrogen) atoms. The minimum absolute atomic E-state index is 0.0292. The minimum atomic E-state index is 0.0292. The third-order valence-corrected chi connectivity index (χ3v) is 3.83. The summed E-state index contributed by atoms with van der Waals surface area (Å²) in [7, 11) is 5.68. The molecule has 1 fully saturated rings. The summed E-state index contributed by atoms with van der Waals surface area (Å²) >= 11 is 0. The fourth-order valence-electron chi connectivity index (χ4n) is 2.54. The van der Waals surface area contributed by atoms with E-state index in [1.807, 2.05) is 37.2 Å². The van der Waals surface area contributed by atoms with Crippen molar-refractivity contribution < 1.29 is 9.53 Å². The molecule has 1 aromatic rings. The molecule has 0 unspecified atom stereocenters. The summed E-state index contributed by atoms with van der Waals surface area (Å²) in [6, 6.07) is 8.04. The van der Waals surface area contributed by atoms with E-state index >= 15 is 0 Å². The maximum absolute atomic E-state index is 12.1. The summed E-state index contributed by atoms with van der Waals surface area (Å²) in [6.45, 7) is 4.63. The molecule has 2 rings (SSSR count). The number of para-hydroxylation sites is 2. The van der Waals surface area contributed by atoms with E-state index in [1.54, 1.807) is 7.11 Å². The first-order valence-corrected chi connectivity index (χ1v) is 7.67. The van der Waals surface area contributed by atoms with E-state index in [2.05, 4.69) is 21.2 Å². The van der Waals surface area contributed by atoms with E-state index in [0.29, 0.717) is 6.54 Å². The molecule has 1 heterocycles. The topological polar surface area (TPSA) is 48.1 Å². The number of anilines is 1. The highest BCUT2D eigenvalue weighted by Gasteiger charge is 2.22. The summed E-state index contributed by atoms with van der Waals surface area (Å²) in [4.78, 5) is 18.3. The fourth-order valence-corrected chi connectivity index (χ4v) is 2.54. The molecule has 1 N–H and O–H groups in total. The Balaban J connectivity index is 1.84. The first kappa shape index (κ1) is 16.4. The Kier molecular flexibility index (Phi) is 5.89. The largest absolute Gasteiger partial charge is 0.495 e. The van der Waals surface area contributed by atoms with Crippen molar-refractivity contribution in [3.8, 4) is 5.75 Å². The van der Waals surface area contributed by atoms with Crippen LogP contribution in [-0.4, -0.2) is 76.3 Å². The second-order valence-corrected chi connectivity index (χ2v) is 5.68. The number of amides is 2. The molecule has 0 aromatic heterocycles. The first-order valence-electron chi connectivity index (χ1n) is 7.67. The molecule has 2 amide bonds. The van der Waals surface area contributed by atoms with Gasteiger partial charge in [-0.1, -0.05) is 12.1 Å². The van der Waals surface area contributed by atoms with E-state index < -0.39 is 0 Å². The summed E-state index contributed by atoms with van der Waals surface area (Å²) in [5.74, 6) is 0.881. The number of methoxy groups -OCH3 is 1. The van der Waals surface area contributed by atoms with E-state index in [-0.39, 0.29) is 6.03 Å². The molecule has 6 nitrogen and oxygen atoms in total. The second-order valence-electron chi connectivity index (χ2n) is 5.68. The second kappa shape index (κ2) is 7.89. The van der Waals surface area contributed by atoms with Crippen LogP contribution in [0.1, 0.15) is 0 Å². The molecule has 1 aliphatic heterocycles. The number of benzene rings is 1. The average Bonchev–Trinajstić information content (AvgIpc) is 2.54. The molecular weight excluding hydrogens is 280 g/mol. The van der Waals surface area contributed by atoms with Gasteiger partial charge < -0.3 is 24.8 Å². The monoisotopic (exact) mass is 306 g/mol. The molecule has 0 spiro atoms. The van der Waals surface area contributed by atoms with Crippen molar-refractivity contribution >= 4 is 11.7 Å². The lowest BCUT2D eigenvalue weighted by Crippen LogP contribution is -2.52. The number of hydrogen-bond donors (Lipinski definition) is 1. The molecular formula is C16H26N4O2. The van der Waals surface area contributed by atoms with Crippen molar-refractivity contribution in [2.24, 2.45) is 0 Å². The lowest BCUT2D eigenvalue weighted by atomic mass is 10.2. The smallest absolute Gasteiger partial charge is 0.317 e. The van der Waals surface area contributed by atoms with E-state index in [1.165, 1.54) is 0 Å². The Morgan fingerprint density at radius 3 is 2.55 bits per heavy atom. The molecule has 0 bridgehead atoms. The van der Waals surface area contributed by atoms with Gasteiger partial charge in [-0.2, -0.15) is 0 Å². The third kappa shape index (κ3) is 4.27. The molecule has 1 saturated heterocycles. The van der Waals surface area contributed by atoms with Gasteiger partial charge in [-0.3, -0.25) is 0 Å². The number of carbonyl (C=O) groups excluding carboxylic acids is 1. The highest BCUT2D eigenvalue weighted by molar-refractivity contribution is 5.74. The summed E-state index contributed by atoms with van der Waals surface area (Å²) < 4.78 is 5.41.